The molecule has 1 aliphatic carbocycles. The van der Waals surface area contributed by atoms with Crippen LogP contribution < -0.4 is 0 Å². The minimum atomic E-state index is -0.224. The fourth-order valence-corrected chi connectivity index (χ4v) is 10.8. The lowest BCUT2D eigenvalue weighted by Crippen LogP contribution is -2.15. The van der Waals surface area contributed by atoms with E-state index < -0.39 is 0 Å². The molecule has 0 saturated carbocycles. The highest BCUT2D eigenvalue weighted by atomic mass is 15.0. The van der Waals surface area contributed by atoms with Crippen molar-refractivity contribution in [2.75, 3.05) is 0 Å². The summed E-state index contributed by atoms with van der Waals surface area (Å²) in [6, 6.07) is 84.0. The van der Waals surface area contributed by atoms with Gasteiger partial charge in [0.1, 0.15) is 0 Å². The van der Waals surface area contributed by atoms with Crippen molar-refractivity contribution in [2.45, 2.75) is 19.3 Å². The zero-order valence-corrected chi connectivity index (χ0v) is 47.6. The van der Waals surface area contributed by atoms with Gasteiger partial charge in [0.15, 0.2) is 34.9 Å². The van der Waals surface area contributed by atoms with E-state index in [1.54, 1.807) is 24.8 Å². The molecular formula is C76H53N11. The maximum Gasteiger partial charge on any atom is 0.197 e. The number of fused-ring (bicyclic) bond motifs is 3. The van der Waals surface area contributed by atoms with Gasteiger partial charge in [-0.05, 0) is 51.6 Å². The highest BCUT2D eigenvalue weighted by Gasteiger charge is 2.38. The average molecular weight is 1120 g/mol. The van der Waals surface area contributed by atoms with Crippen LogP contribution in [0, 0.1) is 0 Å². The quantitative estimate of drug-likeness (QED) is 0.122. The maximum absolute atomic E-state index is 4.95. The van der Waals surface area contributed by atoms with Crippen molar-refractivity contribution in [1.82, 2.24) is 54.8 Å². The largest absolute Gasteiger partial charge is 0.254 e. The van der Waals surface area contributed by atoms with E-state index in [4.69, 9.17) is 34.9 Å². The van der Waals surface area contributed by atoms with Crippen LogP contribution in [0.3, 0.4) is 0 Å². The molecule has 0 unspecified atom stereocenters. The third kappa shape index (κ3) is 11.2. The standard InChI is InChI=1S/C40H29N5.C36H24N6/c1-40(2)33-22-31(26-12-6-3-7-13-26)24-41-35(33)36-34(40)23-32(25-42-36)27-18-20-30(21-19-27)39-44-37(28-14-8-4-9-15-28)43-38(45-39)29-16-10-5-11-17-29;1-4-10-25(11-5-1)30-21-37-35(38-22-30)36-39-23-31(24-40-36)26-16-18-28(19-17-26)33-20-32(27-12-6-2-7-13-27)41-34(42-33)29-14-8-3-9-15-29/h3-25H,1-2H3;1-24H. The van der Waals surface area contributed by atoms with Crippen molar-refractivity contribution >= 4 is 0 Å². The highest BCUT2D eigenvalue weighted by Crippen LogP contribution is 2.49. The van der Waals surface area contributed by atoms with Gasteiger partial charge < -0.3 is 0 Å². The fourth-order valence-electron chi connectivity index (χ4n) is 10.8. The van der Waals surface area contributed by atoms with E-state index in [0.717, 1.165) is 95.1 Å². The zero-order valence-electron chi connectivity index (χ0n) is 47.6. The van der Waals surface area contributed by atoms with Crippen molar-refractivity contribution < 1.29 is 0 Å². The van der Waals surface area contributed by atoms with Crippen molar-refractivity contribution in [1.29, 1.82) is 0 Å². The Kier molecular flexibility index (Phi) is 14.4. The molecule has 0 bridgehead atoms. The van der Waals surface area contributed by atoms with E-state index in [1.807, 2.05) is 164 Å². The number of hydrogen-bond donors (Lipinski definition) is 0. The summed E-state index contributed by atoms with van der Waals surface area (Å²) >= 11 is 0. The smallest absolute Gasteiger partial charge is 0.197 e. The Morgan fingerprint density at radius 1 is 0.207 bits per heavy atom. The highest BCUT2D eigenvalue weighted by molar-refractivity contribution is 5.81. The summed E-state index contributed by atoms with van der Waals surface area (Å²) < 4.78 is 0. The van der Waals surface area contributed by atoms with Gasteiger partial charge in [0, 0.05) is 98.2 Å². The first-order valence-electron chi connectivity index (χ1n) is 28.7. The second-order valence-corrected chi connectivity index (χ2v) is 21.6. The third-order valence-electron chi connectivity index (χ3n) is 15.6. The van der Waals surface area contributed by atoms with Gasteiger partial charge in [-0.25, -0.2) is 44.9 Å². The molecule has 1 aliphatic rings. The van der Waals surface area contributed by atoms with Crippen LogP contribution in [0.2, 0.25) is 0 Å². The topological polar surface area (TPSA) is 142 Å². The molecule has 15 rings (SSSR count). The van der Waals surface area contributed by atoms with Crippen LogP contribution in [0.25, 0.3) is 136 Å². The molecule has 8 aromatic carbocycles. The molecule has 6 heterocycles. The molecule has 0 fully saturated rings. The van der Waals surface area contributed by atoms with E-state index in [-0.39, 0.29) is 5.41 Å². The second kappa shape index (κ2) is 23.5. The molecular weight excluding hydrogens is 1070 g/mol. The van der Waals surface area contributed by atoms with Crippen LogP contribution in [0.15, 0.2) is 286 Å². The fraction of sp³-hybridized carbons (Fsp3) is 0.0395. The Morgan fingerprint density at radius 2 is 0.460 bits per heavy atom. The predicted octanol–water partition coefficient (Wildman–Crippen LogP) is 17.4. The van der Waals surface area contributed by atoms with E-state index >= 15 is 0 Å². The van der Waals surface area contributed by atoms with Gasteiger partial charge in [-0.1, -0.05) is 244 Å². The summed E-state index contributed by atoms with van der Waals surface area (Å²) in [5.74, 6) is 3.60. The van der Waals surface area contributed by atoms with Gasteiger partial charge in [-0.15, -0.1) is 0 Å². The zero-order chi connectivity index (χ0) is 58.5. The van der Waals surface area contributed by atoms with E-state index in [2.05, 4.69) is 131 Å². The third-order valence-corrected chi connectivity index (χ3v) is 15.6. The van der Waals surface area contributed by atoms with Crippen LogP contribution in [-0.2, 0) is 5.41 Å². The number of benzene rings is 8. The normalized spacial score (nSPS) is 11.9. The van der Waals surface area contributed by atoms with E-state index in [9.17, 15) is 0 Å². The van der Waals surface area contributed by atoms with Crippen LogP contribution in [0.4, 0.5) is 0 Å². The predicted molar refractivity (Wildman–Crippen MR) is 346 cm³/mol. The van der Waals surface area contributed by atoms with Gasteiger partial charge in [-0.2, -0.15) is 0 Å². The van der Waals surface area contributed by atoms with Gasteiger partial charge in [-0.3, -0.25) is 9.97 Å². The number of hydrogen-bond acceptors (Lipinski definition) is 11. The monoisotopic (exact) mass is 1120 g/mol. The summed E-state index contributed by atoms with van der Waals surface area (Å²) in [4.78, 5) is 52.3. The van der Waals surface area contributed by atoms with Gasteiger partial charge >= 0.3 is 0 Å². The molecule has 87 heavy (non-hydrogen) atoms. The minimum absolute atomic E-state index is 0.224. The lowest BCUT2D eigenvalue weighted by atomic mass is 9.82. The Hall–Kier alpha value is -11.7. The summed E-state index contributed by atoms with van der Waals surface area (Å²) in [6.07, 6.45) is 11.1. The summed E-state index contributed by atoms with van der Waals surface area (Å²) in [6.45, 7) is 4.52. The van der Waals surface area contributed by atoms with Crippen LogP contribution in [0.5, 0.6) is 0 Å². The molecule has 0 spiro atoms. The Bertz CT molecular complexity index is 4580. The summed E-state index contributed by atoms with van der Waals surface area (Å²) in [5.41, 5.74) is 20.1. The van der Waals surface area contributed by atoms with E-state index in [0.29, 0.717) is 34.9 Å². The molecule has 0 radical (unpaired) electrons. The number of nitrogens with zero attached hydrogens (tertiary/aromatic N) is 11. The van der Waals surface area contributed by atoms with Crippen molar-refractivity contribution in [3.05, 3.63) is 297 Å². The maximum atomic E-state index is 4.95. The molecule has 0 amide bonds. The second-order valence-electron chi connectivity index (χ2n) is 21.6. The molecule has 11 nitrogen and oxygen atoms in total. The summed E-state index contributed by atoms with van der Waals surface area (Å²) in [5, 5.41) is 0. The lowest BCUT2D eigenvalue weighted by Gasteiger charge is -2.21. The van der Waals surface area contributed by atoms with Crippen LogP contribution in [-0.4, -0.2) is 54.8 Å². The first kappa shape index (κ1) is 53.3. The number of pyridine rings is 2. The average Bonchev–Trinajstić information content (AvgIpc) is 2.17. The summed E-state index contributed by atoms with van der Waals surface area (Å²) in [7, 11) is 0. The first-order valence-corrected chi connectivity index (χ1v) is 28.7. The van der Waals surface area contributed by atoms with Crippen molar-refractivity contribution in [3.63, 3.8) is 0 Å². The lowest BCUT2D eigenvalue weighted by molar-refractivity contribution is 0.658. The molecule has 0 N–H and O–H groups in total. The van der Waals surface area contributed by atoms with Gasteiger partial charge in [0.2, 0.25) is 0 Å². The van der Waals surface area contributed by atoms with Gasteiger partial charge in [0.25, 0.3) is 0 Å². The molecule has 0 saturated heterocycles. The van der Waals surface area contributed by atoms with E-state index in [1.165, 1.54) is 16.7 Å². The Morgan fingerprint density at radius 3 is 0.839 bits per heavy atom. The number of aromatic nitrogens is 11. The molecule has 412 valence electrons. The van der Waals surface area contributed by atoms with Crippen molar-refractivity contribution in [2.24, 2.45) is 0 Å². The minimum Gasteiger partial charge on any atom is -0.254 e. The molecule has 11 heteroatoms. The Balaban J connectivity index is 0.000000154. The van der Waals surface area contributed by atoms with Crippen LogP contribution >= 0.6 is 0 Å². The molecule has 6 aromatic heterocycles. The number of rotatable bonds is 11. The molecule has 0 atom stereocenters. The molecule has 14 aromatic rings. The SMILES string of the molecule is CC1(C)c2cc(-c3ccccc3)cnc2-c2ncc(-c3ccc(-c4nc(-c5ccccc5)nc(-c5ccccc5)n4)cc3)cc21.c1ccc(-c2cnc(-c3ncc(-c4ccc(-c5cc(-c6ccccc6)nc(-c6ccccc6)n5)cc4)cn3)nc2)cc1. The first-order chi connectivity index (χ1) is 42.8. The van der Waals surface area contributed by atoms with Crippen molar-refractivity contribution in [3.8, 4) is 136 Å². The molecule has 0 aliphatic heterocycles. The Labute approximate surface area is 504 Å². The van der Waals surface area contributed by atoms with Crippen LogP contribution in [0.1, 0.15) is 25.0 Å². The van der Waals surface area contributed by atoms with Gasteiger partial charge in [0.05, 0.1) is 22.8 Å².